The number of rotatable bonds is 3. The number of carboxylic acids is 1. The van der Waals surface area contributed by atoms with Gasteiger partial charge in [-0.3, -0.25) is 0 Å². The predicted molar refractivity (Wildman–Crippen MR) is 72.9 cm³/mol. The van der Waals surface area contributed by atoms with Crippen LogP contribution in [0.1, 0.15) is 42.7 Å². The maximum absolute atomic E-state index is 12.1. The first kappa shape index (κ1) is 13.8. The second-order valence-electron chi connectivity index (χ2n) is 6.01. The molecule has 3 rings (SSSR count). The molecule has 8 heteroatoms. The van der Waals surface area contributed by atoms with E-state index in [9.17, 15) is 9.59 Å². The molecular formula is C13H19N5O3. The molecule has 1 saturated carbocycles. The normalized spacial score (nSPS) is 25.7. The minimum atomic E-state index is -1.09. The molecule has 2 fully saturated rings. The molecule has 1 aliphatic heterocycles. The molecule has 2 unspecified atom stereocenters. The molecule has 2 heterocycles. The van der Waals surface area contributed by atoms with Gasteiger partial charge in [-0.25, -0.2) is 14.3 Å². The molecule has 2 N–H and O–H groups in total. The Morgan fingerprint density at radius 1 is 1.38 bits per heavy atom. The molecule has 114 valence electrons. The van der Waals surface area contributed by atoms with E-state index >= 15 is 0 Å². The van der Waals surface area contributed by atoms with E-state index in [1.165, 1.54) is 17.3 Å². The van der Waals surface area contributed by atoms with Gasteiger partial charge >= 0.3 is 12.0 Å². The second-order valence-corrected chi connectivity index (χ2v) is 6.01. The molecule has 2 aliphatic rings. The van der Waals surface area contributed by atoms with E-state index in [-0.39, 0.29) is 23.8 Å². The topological polar surface area (TPSA) is 100 Å². The fraction of sp³-hybridized carbons (Fsp3) is 0.692. The van der Waals surface area contributed by atoms with Crippen molar-refractivity contribution in [3.05, 3.63) is 11.9 Å². The van der Waals surface area contributed by atoms with Crippen LogP contribution in [-0.2, 0) is 0 Å². The molecule has 2 atom stereocenters. The number of likely N-dealkylation sites (tertiary alicyclic amines) is 1. The number of nitrogens with zero attached hydrogens (tertiary/aromatic N) is 4. The van der Waals surface area contributed by atoms with Crippen molar-refractivity contribution in [2.24, 2.45) is 5.92 Å². The van der Waals surface area contributed by atoms with Gasteiger partial charge in [0.15, 0.2) is 5.69 Å². The minimum Gasteiger partial charge on any atom is -0.476 e. The molecule has 2 amide bonds. The summed E-state index contributed by atoms with van der Waals surface area (Å²) >= 11 is 0. The van der Waals surface area contributed by atoms with E-state index in [1.54, 1.807) is 4.90 Å². The van der Waals surface area contributed by atoms with Crippen LogP contribution >= 0.6 is 0 Å². The van der Waals surface area contributed by atoms with Gasteiger partial charge < -0.3 is 15.3 Å². The van der Waals surface area contributed by atoms with Crippen molar-refractivity contribution in [1.82, 2.24) is 25.2 Å². The number of aromatic carboxylic acids is 1. The summed E-state index contributed by atoms with van der Waals surface area (Å²) in [7, 11) is 0. The van der Waals surface area contributed by atoms with Gasteiger partial charge in [-0.15, -0.1) is 5.10 Å². The molecule has 1 aliphatic carbocycles. The Labute approximate surface area is 122 Å². The zero-order chi connectivity index (χ0) is 15.0. The standard InChI is InChI=1S/C13H19N5O3/c1-8-2-3-9(4-8)14-13(21)17-5-10(6-17)18-7-11(12(19)20)15-16-18/h7-10H,2-6H2,1H3,(H,14,21)(H,19,20). The zero-order valence-electron chi connectivity index (χ0n) is 11.9. The number of nitrogens with one attached hydrogen (secondary N) is 1. The largest absolute Gasteiger partial charge is 0.476 e. The van der Waals surface area contributed by atoms with Crippen molar-refractivity contribution in [3.63, 3.8) is 0 Å². The van der Waals surface area contributed by atoms with E-state index in [1.807, 2.05) is 0 Å². The fourth-order valence-electron chi connectivity index (χ4n) is 2.95. The van der Waals surface area contributed by atoms with Gasteiger partial charge in [0, 0.05) is 19.1 Å². The van der Waals surface area contributed by atoms with Gasteiger partial charge in [-0.05, 0) is 25.2 Å². The molecule has 21 heavy (non-hydrogen) atoms. The third-order valence-corrected chi connectivity index (χ3v) is 4.28. The second kappa shape index (κ2) is 5.34. The monoisotopic (exact) mass is 293 g/mol. The van der Waals surface area contributed by atoms with Crippen molar-refractivity contribution in [1.29, 1.82) is 0 Å². The van der Waals surface area contributed by atoms with Gasteiger partial charge in [-0.1, -0.05) is 12.1 Å². The van der Waals surface area contributed by atoms with Crippen LogP contribution in [0.25, 0.3) is 0 Å². The average Bonchev–Trinajstić information content (AvgIpc) is 2.97. The highest BCUT2D eigenvalue weighted by Crippen LogP contribution is 2.26. The van der Waals surface area contributed by atoms with Crippen LogP contribution in [-0.4, -0.2) is 56.1 Å². The van der Waals surface area contributed by atoms with Crippen molar-refractivity contribution in [2.75, 3.05) is 13.1 Å². The fourth-order valence-corrected chi connectivity index (χ4v) is 2.95. The van der Waals surface area contributed by atoms with Crippen LogP contribution in [0.15, 0.2) is 6.20 Å². The number of hydrogen-bond acceptors (Lipinski definition) is 4. The molecule has 8 nitrogen and oxygen atoms in total. The molecule has 1 aromatic rings. The van der Waals surface area contributed by atoms with Crippen LogP contribution in [0.3, 0.4) is 0 Å². The third-order valence-electron chi connectivity index (χ3n) is 4.28. The van der Waals surface area contributed by atoms with Crippen molar-refractivity contribution in [3.8, 4) is 0 Å². The summed E-state index contributed by atoms with van der Waals surface area (Å²) in [6.45, 7) is 3.28. The number of urea groups is 1. The van der Waals surface area contributed by atoms with Crippen LogP contribution in [0.4, 0.5) is 4.79 Å². The highest BCUT2D eigenvalue weighted by atomic mass is 16.4. The Morgan fingerprint density at radius 3 is 2.71 bits per heavy atom. The predicted octanol–water partition coefficient (Wildman–Crippen LogP) is 0.731. The Kier molecular flexibility index (Phi) is 3.52. The van der Waals surface area contributed by atoms with Crippen LogP contribution in [0, 0.1) is 5.92 Å². The van der Waals surface area contributed by atoms with E-state index in [4.69, 9.17) is 5.11 Å². The first-order chi connectivity index (χ1) is 10.0. The Hall–Kier alpha value is -2.12. The highest BCUT2D eigenvalue weighted by molar-refractivity contribution is 5.84. The van der Waals surface area contributed by atoms with Crippen LogP contribution in [0.2, 0.25) is 0 Å². The lowest BCUT2D eigenvalue weighted by Crippen LogP contribution is -2.55. The lowest BCUT2D eigenvalue weighted by atomic mass is 10.1. The summed E-state index contributed by atoms with van der Waals surface area (Å²) in [5.74, 6) is -0.408. The van der Waals surface area contributed by atoms with E-state index < -0.39 is 5.97 Å². The van der Waals surface area contributed by atoms with Crippen molar-refractivity contribution >= 4 is 12.0 Å². The van der Waals surface area contributed by atoms with Gasteiger partial charge in [-0.2, -0.15) is 0 Å². The minimum absolute atomic E-state index is 0.0128. The van der Waals surface area contributed by atoms with Crippen molar-refractivity contribution < 1.29 is 14.7 Å². The molecule has 0 bridgehead atoms. The summed E-state index contributed by atoms with van der Waals surface area (Å²) < 4.78 is 1.52. The van der Waals surface area contributed by atoms with Gasteiger partial charge in [0.1, 0.15) is 0 Å². The van der Waals surface area contributed by atoms with Crippen LogP contribution < -0.4 is 5.32 Å². The quantitative estimate of drug-likeness (QED) is 0.855. The SMILES string of the molecule is CC1CCC(NC(=O)N2CC(n3cc(C(=O)O)nn3)C2)C1. The number of carbonyl (C=O) groups is 2. The zero-order valence-corrected chi connectivity index (χ0v) is 11.9. The molecule has 1 aromatic heterocycles. The summed E-state index contributed by atoms with van der Waals surface area (Å²) in [4.78, 5) is 24.5. The number of amides is 2. The first-order valence-corrected chi connectivity index (χ1v) is 7.23. The molecule has 0 spiro atoms. The summed E-state index contributed by atoms with van der Waals surface area (Å²) in [6.07, 6.45) is 4.68. The lowest BCUT2D eigenvalue weighted by Gasteiger charge is -2.39. The number of hydrogen-bond donors (Lipinski definition) is 2. The maximum atomic E-state index is 12.1. The van der Waals surface area contributed by atoms with Gasteiger partial charge in [0.25, 0.3) is 0 Å². The average molecular weight is 293 g/mol. The molecule has 0 aromatic carbocycles. The van der Waals surface area contributed by atoms with Crippen LogP contribution in [0.5, 0.6) is 0 Å². The molecular weight excluding hydrogens is 274 g/mol. The lowest BCUT2D eigenvalue weighted by molar-refractivity contribution is 0.0690. The Bertz CT molecular complexity index is 552. The number of aromatic nitrogens is 3. The summed E-state index contributed by atoms with van der Waals surface area (Å²) in [5.41, 5.74) is -0.0714. The maximum Gasteiger partial charge on any atom is 0.358 e. The Balaban J connectivity index is 1.48. The summed E-state index contributed by atoms with van der Waals surface area (Å²) in [6, 6.07) is 0.263. The first-order valence-electron chi connectivity index (χ1n) is 7.23. The third kappa shape index (κ3) is 2.84. The van der Waals surface area contributed by atoms with Gasteiger partial charge in [0.05, 0.1) is 12.2 Å². The Morgan fingerprint density at radius 2 is 2.14 bits per heavy atom. The van der Waals surface area contributed by atoms with E-state index in [2.05, 4.69) is 22.6 Å². The molecule has 0 radical (unpaired) electrons. The number of carbonyl (C=O) groups excluding carboxylic acids is 1. The smallest absolute Gasteiger partial charge is 0.358 e. The van der Waals surface area contributed by atoms with E-state index in [0.717, 1.165) is 12.8 Å². The number of carboxylic acid groups (broad SMARTS) is 1. The van der Waals surface area contributed by atoms with Gasteiger partial charge in [0.2, 0.25) is 0 Å². The van der Waals surface area contributed by atoms with E-state index in [0.29, 0.717) is 19.0 Å². The highest BCUT2D eigenvalue weighted by Gasteiger charge is 2.34. The molecule has 1 saturated heterocycles. The van der Waals surface area contributed by atoms with Crippen molar-refractivity contribution in [2.45, 2.75) is 38.3 Å². The summed E-state index contributed by atoms with van der Waals surface area (Å²) in [5, 5.41) is 19.2.